The number of amidine groups is 1. The van der Waals surface area contributed by atoms with Crippen molar-refractivity contribution in [1.82, 2.24) is 9.97 Å². The van der Waals surface area contributed by atoms with Gasteiger partial charge in [0, 0.05) is 0 Å². The molecule has 2 fully saturated rings. The van der Waals surface area contributed by atoms with Crippen LogP contribution < -0.4 is 9.21 Å². The van der Waals surface area contributed by atoms with Crippen LogP contribution in [-0.4, -0.2) is 45.6 Å². The number of benzene rings is 2. The molecule has 1 aromatic heterocycles. The Morgan fingerprint density at radius 1 is 1.03 bits per heavy atom. The van der Waals surface area contributed by atoms with E-state index in [1.165, 1.54) is 46.0 Å². The second kappa shape index (κ2) is 7.49. The predicted molar refractivity (Wildman–Crippen MR) is 131 cm³/mol. The zero-order chi connectivity index (χ0) is 21.9. The quantitative estimate of drug-likeness (QED) is 0.400. The summed E-state index contributed by atoms with van der Waals surface area (Å²) in [6, 6.07) is 15.4. The molecule has 0 amide bonds. The average molecular weight is 463 g/mol. The monoisotopic (exact) mass is 462 g/mol. The van der Waals surface area contributed by atoms with Crippen LogP contribution in [0.3, 0.4) is 0 Å². The number of hydrogen-bond donors (Lipinski definition) is 0. The van der Waals surface area contributed by atoms with Gasteiger partial charge in [0.1, 0.15) is 29.6 Å². The van der Waals surface area contributed by atoms with E-state index in [0.29, 0.717) is 5.02 Å². The number of nitrogens with zero attached hydrogens (tertiary/aromatic N) is 5. The Morgan fingerprint density at radius 3 is 2.50 bits per heavy atom. The first kappa shape index (κ1) is 20.1. The van der Waals surface area contributed by atoms with Gasteiger partial charge in [-0.1, -0.05) is 41.4 Å². The molecule has 0 bridgehead atoms. The highest BCUT2D eigenvalue weighted by Crippen LogP contribution is 2.48. The molecule has 6 rings (SSSR count). The van der Waals surface area contributed by atoms with Crippen LogP contribution in [0, 0.1) is 13.8 Å². The molecule has 3 aromatic rings. The average Bonchev–Trinajstić information content (AvgIpc) is 3.55. The minimum absolute atomic E-state index is 0.155. The summed E-state index contributed by atoms with van der Waals surface area (Å²) in [5.41, 5.74) is 5.50. The summed E-state index contributed by atoms with van der Waals surface area (Å²) in [4.78, 5) is 12.5. The number of hydrogen-bond acceptors (Lipinski definition) is 4. The van der Waals surface area contributed by atoms with Gasteiger partial charge in [-0.05, 0) is 50.5 Å². The van der Waals surface area contributed by atoms with Gasteiger partial charge in [-0.3, -0.25) is 4.58 Å². The van der Waals surface area contributed by atoms with Crippen molar-refractivity contribution >= 4 is 41.0 Å². The van der Waals surface area contributed by atoms with Crippen LogP contribution >= 0.6 is 23.5 Å². The van der Waals surface area contributed by atoms with Crippen LogP contribution in [0.2, 0.25) is 5.02 Å². The summed E-state index contributed by atoms with van der Waals surface area (Å²) >= 11 is 7.82. The molecular weight excluding hydrogens is 438 g/mol. The highest BCUT2D eigenvalue weighted by Gasteiger charge is 2.58. The Hall–Kier alpha value is -2.57. The largest absolute Gasteiger partial charge is 0.332 e. The van der Waals surface area contributed by atoms with E-state index < -0.39 is 0 Å². The van der Waals surface area contributed by atoms with Gasteiger partial charge >= 0.3 is 5.84 Å². The summed E-state index contributed by atoms with van der Waals surface area (Å²) in [5, 5.41) is 0.578. The van der Waals surface area contributed by atoms with Crippen LogP contribution in [0.15, 0.2) is 59.8 Å². The molecule has 2 aliphatic heterocycles. The molecule has 5 nitrogen and oxygen atoms in total. The number of aromatic nitrogens is 2. The van der Waals surface area contributed by atoms with E-state index in [4.69, 9.17) is 11.6 Å². The topological polar surface area (TPSA) is 35.3 Å². The number of rotatable bonds is 3. The van der Waals surface area contributed by atoms with Crippen molar-refractivity contribution in [3.8, 4) is 0 Å². The summed E-state index contributed by atoms with van der Waals surface area (Å²) in [6.45, 7) is 7.17. The van der Waals surface area contributed by atoms with Gasteiger partial charge in [-0.15, -0.1) is 0 Å². The molecule has 1 spiro atoms. The Bertz CT molecular complexity index is 1220. The van der Waals surface area contributed by atoms with Crippen molar-refractivity contribution in [3.05, 3.63) is 76.6 Å². The lowest BCUT2D eigenvalue weighted by molar-refractivity contribution is -0.583. The van der Waals surface area contributed by atoms with Crippen LogP contribution in [0.25, 0.3) is 0 Å². The van der Waals surface area contributed by atoms with Gasteiger partial charge in [-0.2, -0.15) is 4.31 Å². The maximum atomic E-state index is 6.00. The molecule has 3 heterocycles. The van der Waals surface area contributed by atoms with Gasteiger partial charge in [0.25, 0.3) is 0 Å². The van der Waals surface area contributed by atoms with E-state index in [2.05, 4.69) is 80.1 Å². The van der Waals surface area contributed by atoms with Crippen molar-refractivity contribution < 1.29 is 4.58 Å². The minimum atomic E-state index is 0.155. The third-order valence-corrected chi connectivity index (χ3v) is 7.96. The summed E-state index contributed by atoms with van der Waals surface area (Å²) in [5.74, 6) is 2.14. The van der Waals surface area contributed by atoms with Gasteiger partial charge in [0.05, 0.1) is 35.4 Å². The summed E-state index contributed by atoms with van der Waals surface area (Å²) < 4.78 is 5.09. The first-order chi connectivity index (χ1) is 15.5. The van der Waals surface area contributed by atoms with Gasteiger partial charge in [0.15, 0.2) is 5.69 Å². The maximum absolute atomic E-state index is 6.00. The number of halogens is 1. The summed E-state index contributed by atoms with van der Waals surface area (Å²) in [6.07, 6.45) is 5.78. The van der Waals surface area contributed by atoms with E-state index in [1.54, 1.807) is 12.4 Å². The predicted octanol–water partition coefficient (Wildman–Crippen LogP) is 5.09. The van der Waals surface area contributed by atoms with Crippen molar-refractivity contribution in [1.29, 1.82) is 0 Å². The highest BCUT2D eigenvalue weighted by molar-refractivity contribution is 8.01. The first-order valence-corrected chi connectivity index (χ1v) is 12.2. The summed E-state index contributed by atoms with van der Waals surface area (Å²) in [7, 11) is 0. The van der Waals surface area contributed by atoms with Crippen LogP contribution in [0.1, 0.15) is 29.5 Å². The highest BCUT2D eigenvalue weighted by atomic mass is 35.5. The normalized spacial score (nSPS) is 20.8. The molecule has 0 unspecified atom stereocenters. The Labute approximate surface area is 197 Å². The lowest BCUT2D eigenvalue weighted by Gasteiger charge is -2.39. The fourth-order valence-corrected chi connectivity index (χ4v) is 5.93. The molecular formula is C25H25ClN5S+. The first-order valence-electron chi connectivity index (χ1n) is 11.1. The number of anilines is 2. The SMILES string of the molecule is Cc1ccc(SN2C(=[N+]3CCN(c4ncc(Cl)cn4)CC34CC4)c3c(C)cccc32)cc1. The molecule has 3 aliphatic rings. The van der Waals surface area contributed by atoms with E-state index in [0.717, 1.165) is 25.6 Å². The fraction of sp³-hybridized carbons (Fsp3) is 0.320. The third kappa shape index (κ3) is 3.28. The number of aryl methyl sites for hydroxylation is 2. The molecule has 7 heteroatoms. The molecule has 1 saturated carbocycles. The van der Waals surface area contributed by atoms with Crippen LogP contribution in [0.5, 0.6) is 0 Å². The van der Waals surface area contributed by atoms with E-state index in [9.17, 15) is 0 Å². The molecule has 32 heavy (non-hydrogen) atoms. The molecule has 0 atom stereocenters. The second-order valence-corrected chi connectivity index (χ2v) is 10.4. The Kier molecular flexibility index (Phi) is 4.70. The van der Waals surface area contributed by atoms with Crippen molar-refractivity contribution in [2.75, 3.05) is 28.8 Å². The fourth-order valence-electron chi connectivity index (χ4n) is 4.84. The second-order valence-electron chi connectivity index (χ2n) is 8.99. The van der Waals surface area contributed by atoms with Gasteiger partial charge < -0.3 is 4.90 Å². The van der Waals surface area contributed by atoms with Crippen LogP contribution in [0.4, 0.5) is 11.6 Å². The Balaban J connectivity index is 1.37. The van der Waals surface area contributed by atoms with Crippen molar-refractivity contribution in [2.45, 2.75) is 37.1 Å². The smallest absolute Gasteiger partial charge is 0.301 e. The van der Waals surface area contributed by atoms with E-state index >= 15 is 0 Å². The lowest BCUT2D eigenvalue weighted by Crippen LogP contribution is -2.57. The molecule has 1 saturated heterocycles. The van der Waals surface area contributed by atoms with Crippen molar-refractivity contribution in [2.24, 2.45) is 0 Å². The zero-order valence-corrected chi connectivity index (χ0v) is 19.8. The third-order valence-electron chi connectivity index (χ3n) is 6.73. The maximum Gasteiger partial charge on any atom is 0.301 e. The van der Waals surface area contributed by atoms with Gasteiger partial charge in [0.2, 0.25) is 5.95 Å². The molecule has 0 radical (unpaired) electrons. The molecule has 0 N–H and O–H groups in total. The van der Waals surface area contributed by atoms with Crippen molar-refractivity contribution in [3.63, 3.8) is 0 Å². The van der Waals surface area contributed by atoms with E-state index in [-0.39, 0.29) is 5.54 Å². The number of piperazine rings is 1. The Morgan fingerprint density at radius 2 is 1.78 bits per heavy atom. The number of fused-ring (bicyclic) bond motifs is 1. The molecule has 2 aromatic carbocycles. The molecule has 162 valence electrons. The molecule has 1 aliphatic carbocycles. The van der Waals surface area contributed by atoms with Crippen LogP contribution in [-0.2, 0) is 0 Å². The standard InChI is InChI=1S/C25H25ClN5S/c1-17-6-8-20(9-7-17)32-31-21-5-3-4-18(2)22(21)23(31)30-13-12-29(16-25(30)10-11-25)24-27-14-19(26)15-28-24/h3-9,14-15H,10-13,16H2,1-2H3/q+1. The zero-order valence-electron chi connectivity index (χ0n) is 18.3. The van der Waals surface area contributed by atoms with Gasteiger partial charge in [-0.25, -0.2) is 9.97 Å². The lowest BCUT2D eigenvalue weighted by atomic mass is 9.97. The van der Waals surface area contributed by atoms with E-state index in [1.807, 2.05) is 11.9 Å². The minimum Gasteiger partial charge on any atom is -0.332 e.